The van der Waals surface area contributed by atoms with Gasteiger partial charge in [0.1, 0.15) is 12.4 Å². The van der Waals surface area contributed by atoms with Crippen molar-refractivity contribution in [2.75, 3.05) is 50.8 Å². The van der Waals surface area contributed by atoms with Gasteiger partial charge < -0.3 is 14.5 Å². The van der Waals surface area contributed by atoms with Gasteiger partial charge in [0, 0.05) is 70.6 Å². The molecule has 8 nitrogen and oxygen atoms in total. The topological polar surface area (TPSA) is 74.7 Å². The summed E-state index contributed by atoms with van der Waals surface area (Å²) in [6.45, 7) is 9.22. The number of carbonyl (C=O) groups is 1. The van der Waals surface area contributed by atoms with Crippen molar-refractivity contribution in [2.45, 2.75) is 64.8 Å². The van der Waals surface area contributed by atoms with Gasteiger partial charge in [-0.1, -0.05) is 31.5 Å². The molecule has 2 saturated heterocycles. The molecule has 3 aliphatic rings. The zero-order valence-electron chi connectivity index (χ0n) is 25.7. The largest absolute Gasteiger partial charge is 0.492 e. The lowest BCUT2D eigenvalue weighted by molar-refractivity contribution is 0.0360. The molecule has 228 valence electrons. The quantitative estimate of drug-likeness (QED) is 0.394. The first kappa shape index (κ1) is 29.5. The van der Waals surface area contributed by atoms with Crippen molar-refractivity contribution in [1.29, 1.82) is 0 Å². The monoisotopic (exact) mass is 582 g/mol. The van der Waals surface area contributed by atoms with Crippen molar-refractivity contribution in [3.63, 3.8) is 0 Å². The van der Waals surface area contributed by atoms with Gasteiger partial charge in [-0.15, -0.1) is 0 Å². The highest BCUT2D eigenvalue weighted by molar-refractivity contribution is 5.93. The molecule has 2 fully saturated rings. The van der Waals surface area contributed by atoms with Crippen molar-refractivity contribution < 1.29 is 9.53 Å². The molecule has 0 aliphatic carbocycles. The average Bonchev–Trinajstić information content (AvgIpc) is 3.04. The van der Waals surface area contributed by atoms with Crippen molar-refractivity contribution in [2.24, 2.45) is 11.3 Å². The molecule has 1 aromatic carbocycles. The maximum atomic E-state index is 13.5. The van der Waals surface area contributed by atoms with Gasteiger partial charge in [0.2, 0.25) is 5.95 Å². The van der Waals surface area contributed by atoms with Gasteiger partial charge in [0.05, 0.1) is 5.56 Å². The number of hydrogen-bond acceptors (Lipinski definition) is 7. The van der Waals surface area contributed by atoms with Crippen LogP contribution in [-0.4, -0.2) is 76.5 Å². The molecule has 1 spiro atoms. The molecular formula is C35H46N6O2. The van der Waals surface area contributed by atoms with Crippen LogP contribution in [0.4, 0.5) is 5.95 Å². The number of piperidine rings is 2. The highest BCUT2D eigenvalue weighted by atomic mass is 16.5. The van der Waals surface area contributed by atoms with Crippen LogP contribution in [0.25, 0.3) is 0 Å². The molecule has 3 aromatic rings. The summed E-state index contributed by atoms with van der Waals surface area (Å²) in [5.41, 5.74) is 3.35. The molecule has 0 atom stereocenters. The third kappa shape index (κ3) is 7.53. The highest BCUT2D eigenvalue weighted by Crippen LogP contribution is 2.39. The van der Waals surface area contributed by atoms with E-state index in [1.165, 1.54) is 36.8 Å². The Morgan fingerprint density at radius 3 is 2.44 bits per heavy atom. The van der Waals surface area contributed by atoms with Crippen molar-refractivity contribution >= 4 is 11.9 Å². The zero-order valence-corrected chi connectivity index (χ0v) is 25.7. The second-order valence-corrected chi connectivity index (χ2v) is 13.0. The maximum Gasteiger partial charge on any atom is 0.256 e. The SMILES string of the molecule is CC1CCN(c2ncc(C(=O)N3CCC4(CCCCc5ccccc5OCCN(Cc5ccncc5)C4)CC3)cn2)CC1. The Morgan fingerprint density at radius 2 is 1.67 bits per heavy atom. The number of fused-ring (bicyclic) bond motifs is 1. The van der Waals surface area contributed by atoms with E-state index in [-0.39, 0.29) is 11.3 Å². The summed E-state index contributed by atoms with van der Waals surface area (Å²) in [6, 6.07) is 12.7. The summed E-state index contributed by atoms with van der Waals surface area (Å²) in [7, 11) is 0. The third-order valence-electron chi connectivity index (χ3n) is 9.82. The van der Waals surface area contributed by atoms with Gasteiger partial charge in [0.15, 0.2) is 0 Å². The van der Waals surface area contributed by atoms with Crippen molar-refractivity contribution in [1.82, 2.24) is 24.8 Å². The Kier molecular flexibility index (Phi) is 9.51. The maximum absolute atomic E-state index is 13.5. The van der Waals surface area contributed by atoms with Gasteiger partial charge >= 0.3 is 0 Å². The number of anilines is 1. The molecule has 8 heteroatoms. The number of amides is 1. The second kappa shape index (κ2) is 13.8. The Morgan fingerprint density at radius 1 is 0.930 bits per heavy atom. The van der Waals surface area contributed by atoms with Gasteiger partial charge in [-0.3, -0.25) is 14.7 Å². The zero-order chi connectivity index (χ0) is 29.5. The molecule has 0 saturated carbocycles. The van der Waals surface area contributed by atoms with E-state index in [9.17, 15) is 4.79 Å². The minimum atomic E-state index is 0.0560. The second-order valence-electron chi connectivity index (χ2n) is 13.0. The first-order chi connectivity index (χ1) is 21.1. The summed E-state index contributed by atoms with van der Waals surface area (Å²) in [6.07, 6.45) is 16.1. The molecular weight excluding hydrogens is 536 g/mol. The third-order valence-corrected chi connectivity index (χ3v) is 9.82. The predicted octanol–water partition coefficient (Wildman–Crippen LogP) is 5.64. The Hall–Kier alpha value is -3.52. The molecule has 0 unspecified atom stereocenters. The van der Waals surface area contributed by atoms with Crippen LogP contribution in [0, 0.1) is 11.3 Å². The van der Waals surface area contributed by atoms with E-state index in [4.69, 9.17) is 4.74 Å². The molecule has 6 rings (SSSR count). The first-order valence-electron chi connectivity index (χ1n) is 16.3. The molecule has 3 aliphatic heterocycles. The number of aryl methyl sites for hydroxylation is 1. The number of para-hydroxylation sites is 1. The summed E-state index contributed by atoms with van der Waals surface area (Å²) >= 11 is 0. The fraction of sp³-hybridized carbons (Fsp3) is 0.543. The molecule has 43 heavy (non-hydrogen) atoms. The molecule has 2 aromatic heterocycles. The number of pyridine rings is 1. The Labute approximate surface area is 256 Å². The van der Waals surface area contributed by atoms with Crippen LogP contribution in [-0.2, 0) is 13.0 Å². The van der Waals surface area contributed by atoms with Crippen molar-refractivity contribution in [3.8, 4) is 5.75 Å². The van der Waals surface area contributed by atoms with Crippen LogP contribution in [0.2, 0.25) is 0 Å². The summed E-state index contributed by atoms with van der Waals surface area (Å²) < 4.78 is 6.33. The number of hydrogen-bond donors (Lipinski definition) is 0. The molecule has 0 bridgehead atoms. The van der Waals surface area contributed by atoms with Crippen LogP contribution in [0.1, 0.15) is 73.4 Å². The lowest BCUT2D eigenvalue weighted by Crippen LogP contribution is -2.48. The standard InChI is InChI=1S/C35H46N6O2/c1-28-11-18-41(19-12-28)34-37-24-31(25-38-34)33(42)40-20-14-35(15-21-40)13-5-4-7-30-6-2-3-8-32(30)43-23-22-39(27-35)26-29-9-16-36-17-10-29/h2-3,6,8-10,16-17,24-25,28H,4-5,7,11-15,18-23,26-27H2,1H3. The van der Waals surface area contributed by atoms with Crippen LogP contribution in [0.5, 0.6) is 5.75 Å². The number of aromatic nitrogens is 3. The van der Waals surface area contributed by atoms with Gasteiger partial charge in [-0.25, -0.2) is 9.97 Å². The molecule has 0 radical (unpaired) electrons. The van der Waals surface area contributed by atoms with E-state index in [2.05, 4.69) is 68.1 Å². The first-order valence-corrected chi connectivity index (χ1v) is 16.3. The molecule has 0 N–H and O–H groups in total. The van der Waals surface area contributed by atoms with Crippen LogP contribution < -0.4 is 9.64 Å². The number of carbonyl (C=O) groups excluding carboxylic acids is 1. The van der Waals surface area contributed by atoms with Gasteiger partial charge in [0.25, 0.3) is 5.91 Å². The highest BCUT2D eigenvalue weighted by Gasteiger charge is 2.37. The van der Waals surface area contributed by atoms with E-state index in [1.807, 2.05) is 17.3 Å². The van der Waals surface area contributed by atoms with E-state index in [0.717, 1.165) is 89.1 Å². The van der Waals surface area contributed by atoms with Gasteiger partial charge in [-0.2, -0.15) is 0 Å². The average molecular weight is 583 g/mol. The predicted molar refractivity (Wildman–Crippen MR) is 169 cm³/mol. The van der Waals surface area contributed by atoms with E-state index in [1.54, 1.807) is 12.4 Å². The number of benzene rings is 1. The lowest BCUT2D eigenvalue weighted by atomic mass is 9.73. The van der Waals surface area contributed by atoms with Crippen LogP contribution >= 0.6 is 0 Å². The van der Waals surface area contributed by atoms with Gasteiger partial charge in [-0.05, 0) is 85.6 Å². The molecule has 1 amide bonds. The fourth-order valence-corrected chi connectivity index (χ4v) is 7.04. The minimum absolute atomic E-state index is 0.0560. The minimum Gasteiger partial charge on any atom is -0.492 e. The lowest BCUT2D eigenvalue weighted by Gasteiger charge is -2.45. The number of nitrogens with zero attached hydrogens (tertiary/aromatic N) is 6. The van der Waals surface area contributed by atoms with Crippen molar-refractivity contribution in [3.05, 3.63) is 77.9 Å². The summed E-state index contributed by atoms with van der Waals surface area (Å²) in [5, 5.41) is 0. The van der Waals surface area contributed by atoms with E-state index in [0.29, 0.717) is 12.2 Å². The number of likely N-dealkylation sites (tertiary alicyclic amines) is 1. The van der Waals surface area contributed by atoms with E-state index < -0.39 is 0 Å². The number of ether oxygens (including phenoxy) is 1. The Balaban J connectivity index is 1.13. The smallest absolute Gasteiger partial charge is 0.256 e. The van der Waals surface area contributed by atoms with Crippen LogP contribution in [0.3, 0.4) is 0 Å². The summed E-state index contributed by atoms with van der Waals surface area (Å²) in [4.78, 5) is 33.8. The Bertz CT molecular complexity index is 1320. The van der Waals surface area contributed by atoms with E-state index >= 15 is 0 Å². The number of rotatable bonds is 4. The van der Waals surface area contributed by atoms with Crippen LogP contribution in [0.15, 0.2) is 61.2 Å². The fourth-order valence-electron chi connectivity index (χ4n) is 7.04. The molecule has 5 heterocycles. The normalized spacial score (nSPS) is 20.5. The summed E-state index contributed by atoms with van der Waals surface area (Å²) in [5.74, 6) is 2.58.